The molecule has 3 rings (SSSR count). The monoisotopic (exact) mass is 313 g/mol. The van der Waals surface area contributed by atoms with Crippen molar-refractivity contribution < 1.29 is 9.59 Å². The van der Waals surface area contributed by atoms with Crippen molar-refractivity contribution in [2.24, 2.45) is 0 Å². The SMILES string of the molecule is C=CC(=O)N1CCC2(CCC(=O)N2Cc2cccc(C)n2)CC1. The van der Waals surface area contributed by atoms with E-state index in [0.717, 1.165) is 30.7 Å². The maximum absolute atomic E-state index is 12.4. The fourth-order valence-corrected chi connectivity index (χ4v) is 3.77. The maximum Gasteiger partial charge on any atom is 0.245 e. The first kappa shape index (κ1) is 15.7. The molecule has 5 heteroatoms. The summed E-state index contributed by atoms with van der Waals surface area (Å²) in [7, 11) is 0. The van der Waals surface area contributed by atoms with E-state index in [9.17, 15) is 9.59 Å². The highest BCUT2D eigenvalue weighted by atomic mass is 16.2. The highest BCUT2D eigenvalue weighted by molar-refractivity contribution is 5.87. The summed E-state index contributed by atoms with van der Waals surface area (Å²) in [6.45, 7) is 7.46. The molecule has 1 spiro atoms. The number of carbonyl (C=O) groups is 2. The average molecular weight is 313 g/mol. The van der Waals surface area contributed by atoms with Crippen LogP contribution in [0, 0.1) is 6.92 Å². The number of nitrogens with zero attached hydrogens (tertiary/aromatic N) is 3. The first-order valence-corrected chi connectivity index (χ1v) is 8.18. The van der Waals surface area contributed by atoms with Crippen molar-refractivity contribution in [3.05, 3.63) is 42.2 Å². The Morgan fingerprint density at radius 3 is 2.74 bits per heavy atom. The molecule has 2 aliphatic heterocycles. The number of hydrogen-bond acceptors (Lipinski definition) is 3. The third kappa shape index (κ3) is 3.00. The number of carbonyl (C=O) groups excluding carboxylic acids is 2. The van der Waals surface area contributed by atoms with E-state index < -0.39 is 0 Å². The van der Waals surface area contributed by atoms with Crippen molar-refractivity contribution in [3.8, 4) is 0 Å². The van der Waals surface area contributed by atoms with Crippen LogP contribution >= 0.6 is 0 Å². The van der Waals surface area contributed by atoms with Crippen LogP contribution in [0.1, 0.15) is 37.1 Å². The van der Waals surface area contributed by atoms with E-state index in [4.69, 9.17) is 0 Å². The molecular weight excluding hydrogens is 290 g/mol. The molecule has 0 aromatic carbocycles. The summed E-state index contributed by atoms with van der Waals surface area (Å²) in [5.41, 5.74) is 1.79. The Morgan fingerprint density at radius 2 is 2.09 bits per heavy atom. The normalized spacial score (nSPS) is 20.1. The molecule has 5 nitrogen and oxygen atoms in total. The molecule has 0 unspecified atom stereocenters. The quantitative estimate of drug-likeness (QED) is 0.803. The second-order valence-corrected chi connectivity index (χ2v) is 6.50. The summed E-state index contributed by atoms with van der Waals surface area (Å²) in [6.07, 6.45) is 4.52. The van der Waals surface area contributed by atoms with Gasteiger partial charge in [0.25, 0.3) is 0 Å². The van der Waals surface area contributed by atoms with Crippen LogP contribution in [0.15, 0.2) is 30.9 Å². The highest BCUT2D eigenvalue weighted by Gasteiger charge is 2.47. The van der Waals surface area contributed by atoms with Gasteiger partial charge in [0, 0.05) is 30.7 Å². The number of rotatable bonds is 3. The lowest BCUT2D eigenvalue weighted by molar-refractivity contribution is -0.135. The predicted molar refractivity (Wildman–Crippen MR) is 87.5 cm³/mol. The minimum Gasteiger partial charge on any atom is -0.339 e. The van der Waals surface area contributed by atoms with Gasteiger partial charge in [-0.25, -0.2) is 0 Å². The molecule has 0 radical (unpaired) electrons. The summed E-state index contributed by atoms with van der Waals surface area (Å²) >= 11 is 0. The molecule has 0 aliphatic carbocycles. The van der Waals surface area contributed by atoms with Crippen molar-refractivity contribution >= 4 is 11.8 Å². The molecule has 2 saturated heterocycles. The molecule has 1 aromatic rings. The van der Waals surface area contributed by atoms with Gasteiger partial charge in [0.05, 0.1) is 12.2 Å². The summed E-state index contributed by atoms with van der Waals surface area (Å²) < 4.78 is 0. The Kier molecular flexibility index (Phi) is 4.20. The van der Waals surface area contributed by atoms with Gasteiger partial charge in [0.1, 0.15) is 0 Å². The molecule has 23 heavy (non-hydrogen) atoms. The van der Waals surface area contributed by atoms with E-state index in [1.807, 2.05) is 34.9 Å². The van der Waals surface area contributed by atoms with Crippen LogP contribution in [-0.2, 0) is 16.1 Å². The Balaban J connectivity index is 1.75. The minimum atomic E-state index is -0.111. The van der Waals surface area contributed by atoms with E-state index in [1.165, 1.54) is 6.08 Å². The van der Waals surface area contributed by atoms with Gasteiger partial charge in [0.15, 0.2) is 0 Å². The van der Waals surface area contributed by atoms with Crippen LogP contribution in [-0.4, -0.2) is 45.2 Å². The smallest absolute Gasteiger partial charge is 0.245 e. The summed E-state index contributed by atoms with van der Waals surface area (Å²) in [4.78, 5) is 32.5. The zero-order valence-electron chi connectivity index (χ0n) is 13.6. The van der Waals surface area contributed by atoms with Crippen molar-refractivity contribution in [1.29, 1.82) is 0 Å². The molecule has 3 heterocycles. The second kappa shape index (κ2) is 6.14. The molecule has 122 valence electrons. The van der Waals surface area contributed by atoms with Crippen LogP contribution in [0.3, 0.4) is 0 Å². The van der Waals surface area contributed by atoms with Gasteiger partial charge in [-0.05, 0) is 44.4 Å². The Bertz CT molecular complexity index is 633. The van der Waals surface area contributed by atoms with E-state index >= 15 is 0 Å². The van der Waals surface area contributed by atoms with Gasteiger partial charge in [-0.15, -0.1) is 0 Å². The molecule has 0 saturated carbocycles. The van der Waals surface area contributed by atoms with Crippen molar-refractivity contribution in [2.45, 2.75) is 44.7 Å². The topological polar surface area (TPSA) is 53.5 Å². The first-order valence-electron chi connectivity index (χ1n) is 8.18. The number of amides is 2. The molecule has 2 fully saturated rings. The number of pyridine rings is 1. The first-order chi connectivity index (χ1) is 11.0. The zero-order chi connectivity index (χ0) is 16.4. The van der Waals surface area contributed by atoms with Gasteiger partial charge in [0.2, 0.25) is 11.8 Å². The van der Waals surface area contributed by atoms with Crippen LogP contribution in [0.25, 0.3) is 0 Å². The summed E-state index contributed by atoms with van der Waals surface area (Å²) in [5, 5.41) is 0. The number of aryl methyl sites for hydroxylation is 1. The van der Waals surface area contributed by atoms with Crippen LogP contribution in [0.4, 0.5) is 0 Å². The lowest BCUT2D eigenvalue weighted by atomic mass is 9.84. The number of aromatic nitrogens is 1. The molecule has 0 N–H and O–H groups in total. The molecule has 1 aromatic heterocycles. The molecule has 0 atom stereocenters. The van der Waals surface area contributed by atoms with E-state index in [2.05, 4.69) is 11.6 Å². The van der Waals surface area contributed by atoms with Crippen molar-refractivity contribution in [2.75, 3.05) is 13.1 Å². The molecule has 2 aliphatic rings. The molecule has 2 amide bonds. The predicted octanol–water partition coefficient (Wildman–Crippen LogP) is 2.06. The third-order valence-electron chi connectivity index (χ3n) is 5.12. The molecule has 0 bridgehead atoms. The van der Waals surface area contributed by atoms with Crippen LogP contribution in [0.2, 0.25) is 0 Å². The lowest BCUT2D eigenvalue weighted by Crippen LogP contribution is -2.53. The van der Waals surface area contributed by atoms with E-state index in [0.29, 0.717) is 26.1 Å². The minimum absolute atomic E-state index is 0.0175. The van der Waals surface area contributed by atoms with Crippen LogP contribution in [0.5, 0.6) is 0 Å². The summed E-state index contributed by atoms with van der Waals surface area (Å²) in [5.74, 6) is 0.188. The molecular formula is C18H23N3O2. The van der Waals surface area contributed by atoms with E-state index in [-0.39, 0.29) is 17.4 Å². The zero-order valence-corrected chi connectivity index (χ0v) is 13.6. The van der Waals surface area contributed by atoms with Gasteiger partial charge in [-0.3, -0.25) is 14.6 Å². The van der Waals surface area contributed by atoms with Gasteiger partial charge >= 0.3 is 0 Å². The summed E-state index contributed by atoms with van der Waals surface area (Å²) in [6, 6.07) is 5.92. The standard InChI is InChI=1S/C18H23N3O2/c1-3-16(22)20-11-9-18(10-12-20)8-7-17(23)21(18)13-15-6-4-5-14(2)19-15/h3-6H,1,7-13H2,2H3. The Morgan fingerprint density at radius 1 is 1.35 bits per heavy atom. The second-order valence-electron chi connectivity index (χ2n) is 6.50. The Labute approximate surface area is 137 Å². The van der Waals surface area contributed by atoms with Gasteiger partial charge in [-0.1, -0.05) is 12.6 Å². The number of likely N-dealkylation sites (tertiary alicyclic amines) is 2. The highest BCUT2D eigenvalue weighted by Crippen LogP contribution is 2.40. The van der Waals surface area contributed by atoms with E-state index in [1.54, 1.807) is 0 Å². The third-order valence-corrected chi connectivity index (χ3v) is 5.12. The fraction of sp³-hybridized carbons (Fsp3) is 0.500. The van der Waals surface area contributed by atoms with Crippen LogP contribution < -0.4 is 0 Å². The lowest BCUT2D eigenvalue weighted by Gasteiger charge is -2.44. The fourth-order valence-electron chi connectivity index (χ4n) is 3.77. The largest absolute Gasteiger partial charge is 0.339 e. The van der Waals surface area contributed by atoms with Crippen molar-refractivity contribution in [3.63, 3.8) is 0 Å². The van der Waals surface area contributed by atoms with Crippen molar-refractivity contribution in [1.82, 2.24) is 14.8 Å². The Hall–Kier alpha value is -2.17. The number of piperidine rings is 1. The average Bonchev–Trinajstić information content (AvgIpc) is 2.85. The number of hydrogen-bond donors (Lipinski definition) is 0. The van der Waals surface area contributed by atoms with Gasteiger partial charge < -0.3 is 9.80 Å². The maximum atomic E-state index is 12.4. The van der Waals surface area contributed by atoms with Gasteiger partial charge in [-0.2, -0.15) is 0 Å².